The lowest BCUT2D eigenvalue weighted by Gasteiger charge is -2.38. The van der Waals surface area contributed by atoms with Gasteiger partial charge in [0.15, 0.2) is 5.82 Å². The number of sulfonamides is 1. The fourth-order valence-corrected chi connectivity index (χ4v) is 4.72. The van der Waals surface area contributed by atoms with Gasteiger partial charge in [-0.3, -0.25) is 4.79 Å². The van der Waals surface area contributed by atoms with Crippen molar-refractivity contribution in [1.29, 1.82) is 0 Å². The Morgan fingerprint density at radius 2 is 1.65 bits per heavy atom. The van der Waals surface area contributed by atoms with E-state index in [2.05, 4.69) is 15.3 Å². The van der Waals surface area contributed by atoms with Gasteiger partial charge in [-0.05, 0) is 36.4 Å². The van der Waals surface area contributed by atoms with Gasteiger partial charge in [0.1, 0.15) is 29.9 Å². The van der Waals surface area contributed by atoms with Crippen LogP contribution in [0.1, 0.15) is 11.6 Å². The molecule has 3 aromatic rings. The Morgan fingerprint density at radius 3 is 2.24 bits per heavy atom. The van der Waals surface area contributed by atoms with Crippen LogP contribution in [0.4, 0.5) is 45.1 Å². The van der Waals surface area contributed by atoms with E-state index in [0.717, 1.165) is 24.3 Å². The van der Waals surface area contributed by atoms with Gasteiger partial charge in [0.05, 0.1) is 16.7 Å². The molecule has 2 aromatic carbocycles. The molecule has 0 saturated carbocycles. The second-order valence-corrected chi connectivity index (χ2v) is 9.80. The minimum Gasteiger partial charge on any atom is -0.342 e. The summed E-state index contributed by atoms with van der Waals surface area (Å²) in [6.45, 7) is -1.71. The number of carbonyl (C=O) groups is 1. The van der Waals surface area contributed by atoms with Gasteiger partial charge < -0.3 is 15.1 Å². The number of nitrogens with zero attached hydrogens (tertiary/aromatic N) is 4. The molecule has 0 saturated heterocycles. The molecule has 1 unspecified atom stereocenters. The summed E-state index contributed by atoms with van der Waals surface area (Å²) in [5.74, 6) is -2.20. The predicted octanol–water partition coefficient (Wildman–Crippen LogP) is 3.49. The van der Waals surface area contributed by atoms with Crippen LogP contribution >= 0.6 is 0 Å². The molecule has 0 aliphatic carbocycles. The number of hydrogen-bond donors (Lipinski definition) is 2. The maximum Gasteiger partial charge on any atom is 0.402 e. The zero-order valence-corrected chi connectivity index (χ0v) is 20.0. The number of rotatable bonds is 6. The van der Waals surface area contributed by atoms with Crippen molar-refractivity contribution >= 4 is 39.1 Å². The molecule has 2 heterocycles. The van der Waals surface area contributed by atoms with Crippen LogP contribution in [-0.4, -0.2) is 51.1 Å². The summed E-state index contributed by atoms with van der Waals surface area (Å²) in [6.07, 6.45) is -3.38. The van der Waals surface area contributed by atoms with Crippen molar-refractivity contribution in [3.05, 3.63) is 65.9 Å². The van der Waals surface area contributed by atoms with Crippen molar-refractivity contribution < 1.29 is 35.2 Å². The average Bonchev–Trinajstić information content (AvgIpc) is 2.83. The molecule has 1 aliphatic rings. The Labute approximate surface area is 208 Å². The highest BCUT2D eigenvalue weighted by Crippen LogP contribution is 2.40. The van der Waals surface area contributed by atoms with Crippen LogP contribution in [0, 0.1) is 11.6 Å². The first-order valence-corrected chi connectivity index (χ1v) is 12.0. The van der Waals surface area contributed by atoms with Gasteiger partial charge in [0.2, 0.25) is 16.0 Å². The Hall–Kier alpha value is -3.85. The molecule has 1 aliphatic heterocycles. The molecule has 0 bridgehead atoms. The molecule has 9 nitrogen and oxygen atoms in total. The normalized spacial score (nSPS) is 16.1. The highest BCUT2D eigenvalue weighted by atomic mass is 32.2. The number of likely N-dealkylation sites (N-methyl/N-ethyl adjacent to an activating group) is 2. The molecule has 15 heteroatoms. The van der Waals surface area contributed by atoms with E-state index in [9.17, 15) is 35.2 Å². The lowest BCUT2D eigenvalue weighted by atomic mass is 10.0. The second-order valence-electron chi connectivity index (χ2n) is 8.04. The fourth-order valence-electron chi connectivity index (χ4n) is 3.71. The SMILES string of the molecule is CN1C(=O)C(c2c(F)cccc2F)N(C)c2nc(Nc3ccc(S(=O)(=O)NCC(F)(F)F)cc3)ncc21. The molecular weight excluding hydrogens is 523 g/mol. The van der Waals surface area contributed by atoms with Gasteiger partial charge in [0.25, 0.3) is 5.91 Å². The summed E-state index contributed by atoms with van der Waals surface area (Å²) < 4.78 is 91.6. The Balaban J connectivity index is 1.59. The zero-order valence-electron chi connectivity index (χ0n) is 19.2. The molecule has 0 radical (unpaired) electrons. The van der Waals surface area contributed by atoms with E-state index in [4.69, 9.17) is 0 Å². The summed E-state index contributed by atoms with van der Waals surface area (Å²) in [7, 11) is -1.52. The van der Waals surface area contributed by atoms with E-state index in [1.807, 2.05) is 0 Å². The number of fused-ring (bicyclic) bond motifs is 1. The third-order valence-electron chi connectivity index (χ3n) is 5.55. The maximum atomic E-state index is 14.5. The van der Waals surface area contributed by atoms with Crippen molar-refractivity contribution in [3.8, 4) is 0 Å². The number of amides is 1. The number of benzene rings is 2. The number of carbonyl (C=O) groups excluding carboxylic acids is 1. The molecule has 2 N–H and O–H groups in total. The van der Waals surface area contributed by atoms with Crippen LogP contribution in [0.5, 0.6) is 0 Å². The average molecular weight is 542 g/mol. The largest absolute Gasteiger partial charge is 0.402 e. The smallest absolute Gasteiger partial charge is 0.342 e. The third-order valence-corrected chi connectivity index (χ3v) is 6.97. The summed E-state index contributed by atoms with van der Waals surface area (Å²) in [5, 5.41) is 2.82. The standard InChI is InChI=1S/C22H19F5N6O3S/c1-32-16-10-28-21(30-12-6-8-13(9-7-12)37(35,36)29-11-22(25,26)27)31-19(16)33(2)18(20(32)34)17-14(23)4-3-5-15(17)24/h3-10,18,29H,11H2,1-2H3,(H,28,30,31). The number of aromatic nitrogens is 2. The maximum absolute atomic E-state index is 14.5. The van der Waals surface area contributed by atoms with Crippen molar-refractivity contribution in [3.63, 3.8) is 0 Å². The Bertz CT molecular complexity index is 1430. The van der Waals surface area contributed by atoms with Gasteiger partial charge in [0, 0.05) is 19.8 Å². The molecule has 196 valence electrons. The molecular formula is C22H19F5N6O3S. The van der Waals surface area contributed by atoms with Crippen molar-refractivity contribution in [1.82, 2.24) is 14.7 Å². The number of alkyl halides is 3. The highest BCUT2D eigenvalue weighted by Gasteiger charge is 2.40. The van der Waals surface area contributed by atoms with Crippen molar-refractivity contribution in [2.45, 2.75) is 17.1 Å². The van der Waals surface area contributed by atoms with Crippen LogP contribution < -0.4 is 19.8 Å². The van der Waals surface area contributed by atoms with E-state index in [-0.39, 0.29) is 22.3 Å². The Morgan fingerprint density at radius 1 is 1.03 bits per heavy atom. The van der Waals surface area contributed by atoms with E-state index in [1.54, 1.807) is 0 Å². The first-order chi connectivity index (χ1) is 17.3. The fraction of sp³-hybridized carbons (Fsp3) is 0.227. The van der Waals surface area contributed by atoms with E-state index >= 15 is 0 Å². The van der Waals surface area contributed by atoms with Crippen LogP contribution in [0.25, 0.3) is 0 Å². The van der Waals surface area contributed by atoms with Crippen LogP contribution in [0.15, 0.2) is 53.6 Å². The first kappa shape index (κ1) is 26.2. The van der Waals surface area contributed by atoms with Crippen LogP contribution in [0.2, 0.25) is 0 Å². The monoisotopic (exact) mass is 542 g/mol. The van der Waals surface area contributed by atoms with E-state index in [1.165, 1.54) is 53.0 Å². The van der Waals surface area contributed by atoms with Crippen molar-refractivity contribution in [2.24, 2.45) is 0 Å². The topological polar surface area (TPSA) is 108 Å². The van der Waals surface area contributed by atoms with Crippen LogP contribution in [-0.2, 0) is 14.8 Å². The minimum absolute atomic E-state index is 0.00640. The van der Waals surface area contributed by atoms with Gasteiger partial charge in [-0.1, -0.05) is 6.07 Å². The van der Waals surface area contributed by atoms with Gasteiger partial charge in [-0.2, -0.15) is 18.2 Å². The quantitative estimate of drug-likeness (QED) is 0.460. The van der Waals surface area contributed by atoms with Gasteiger partial charge >= 0.3 is 6.18 Å². The zero-order chi connectivity index (χ0) is 27.1. The summed E-state index contributed by atoms with van der Waals surface area (Å²) in [5.41, 5.74) is 0.147. The van der Waals surface area contributed by atoms with Gasteiger partial charge in [-0.25, -0.2) is 26.9 Å². The lowest BCUT2D eigenvalue weighted by molar-refractivity contribution is -0.121. The first-order valence-electron chi connectivity index (χ1n) is 10.5. The third kappa shape index (κ3) is 5.32. The van der Waals surface area contributed by atoms with E-state index in [0.29, 0.717) is 5.69 Å². The van der Waals surface area contributed by atoms with E-state index < -0.39 is 51.9 Å². The number of halogens is 5. The lowest BCUT2D eigenvalue weighted by Crippen LogP contribution is -2.46. The summed E-state index contributed by atoms with van der Waals surface area (Å²) in [4.78, 5) is 23.5. The molecule has 4 rings (SSSR count). The molecule has 1 atom stereocenters. The predicted molar refractivity (Wildman–Crippen MR) is 124 cm³/mol. The molecule has 0 fully saturated rings. The summed E-state index contributed by atoms with van der Waals surface area (Å²) >= 11 is 0. The molecule has 37 heavy (non-hydrogen) atoms. The molecule has 1 amide bonds. The number of nitrogens with one attached hydrogen (secondary N) is 2. The molecule has 1 aromatic heterocycles. The highest BCUT2D eigenvalue weighted by molar-refractivity contribution is 7.89. The van der Waals surface area contributed by atoms with Crippen LogP contribution in [0.3, 0.4) is 0 Å². The van der Waals surface area contributed by atoms with Gasteiger partial charge in [-0.15, -0.1) is 0 Å². The Kier molecular flexibility index (Phi) is 6.77. The summed E-state index contributed by atoms with van der Waals surface area (Å²) in [6, 6.07) is 6.71. The second kappa shape index (κ2) is 9.55. The number of anilines is 4. The molecule has 0 spiro atoms. The van der Waals surface area contributed by atoms with Crippen molar-refractivity contribution in [2.75, 3.05) is 35.8 Å². The minimum atomic E-state index is -4.71. The number of hydrogen-bond acceptors (Lipinski definition) is 7.